The van der Waals surface area contributed by atoms with Crippen molar-refractivity contribution in [1.82, 2.24) is 0 Å². The molecular formula is C9H8O3. The molecule has 3 heteroatoms. The Kier molecular flexibility index (Phi) is 1.60. The summed E-state index contributed by atoms with van der Waals surface area (Å²) in [7, 11) is 0. The van der Waals surface area contributed by atoms with Gasteiger partial charge in [-0.25, -0.2) is 0 Å². The zero-order chi connectivity index (χ0) is 8.55. The molecule has 0 spiro atoms. The van der Waals surface area contributed by atoms with E-state index in [9.17, 15) is 0 Å². The van der Waals surface area contributed by atoms with Crippen molar-refractivity contribution in [3.8, 4) is 0 Å². The number of hydrogen-bond donors (Lipinski definition) is 2. The topological polar surface area (TPSA) is 53.6 Å². The highest BCUT2D eigenvalue weighted by Gasteiger charge is 2.08. The first kappa shape index (κ1) is 7.34. The number of hydrogen-bond acceptors (Lipinski definition) is 3. The fraction of sp³-hybridized carbons (Fsp3) is 0.111. The Morgan fingerprint density at radius 2 is 1.92 bits per heavy atom. The van der Waals surface area contributed by atoms with Crippen LogP contribution in [0.15, 0.2) is 34.7 Å². The van der Waals surface area contributed by atoms with Gasteiger partial charge in [0.1, 0.15) is 5.58 Å². The van der Waals surface area contributed by atoms with Crippen LogP contribution in [0.1, 0.15) is 12.1 Å². The van der Waals surface area contributed by atoms with E-state index in [2.05, 4.69) is 0 Å². The van der Waals surface area contributed by atoms with Crippen LogP contribution in [-0.4, -0.2) is 10.2 Å². The van der Waals surface area contributed by atoms with Gasteiger partial charge in [-0.05, 0) is 12.1 Å². The molecule has 0 bridgehead atoms. The van der Waals surface area contributed by atoms with Gasteiger partial charge in [0, 0.05) is 5.39 Å². The van der Waals surface area contributed by atoms with Gasteiger partial charge < -0.3 is 14.6 Å². The number of aliphatic hydroxyl groups is 2. The quantitative estimate of drug-likeness (QED) is 0.626. The summed E-state index contributed by atoms with van der Waals surface area (Å²) in [5, 5.41) is 18.4. The van der Waals surface area contributed by atoms with Crippen LogP contribution in [0.25, 0.3) is 11.0 Å². The van der Waals surface area contributed by atoms with Crippen molar-refractivity contribution in [3.63, 3.8) is 0 Å². The predicted octanol–water partition coefficient (Wildman–Crippen LogP) is 1.42. The number of aliphatic hydroxyl groups excluding tert-OH is 1. The largest absolute Gasteiger partial charge is 0.456 e. The molecule has 0 aliphatic rings. The third-order valence-electron chi connectivity index (χ3n) is 1.70. The average molecular weight is 164 g/mol. The highest BCUT2D eigenvalue weighted by molar-refractivity contribution is 5.77. The zero-order valence-electron chi connectivity index (χ0n) is 6.27. The van der Waals surface area contributed by atoms with Gasteiger partial charge in [-0.3, -0.25) is 0 Å². The molecule has 2 rings (SSSR count). The summed E-state index contributed by atoms with van der Waals surface area (Å²) in [6.07, 6.45) is -1.53. The summed E-state index contributed by atoms with van der Waals surface area (Å²) in [5.74, 6) is 0.177. The normalized spacial score (nSPS) is 11.2. The molecule has 12 heavy (non-hydrogen) atoms. The smallest absolute Gasteiger partial charge is 0.212 e. The lowest BCUT2D eigenvalue weighted by atomic mass is 10.2. The van der Waals surface area contributed by atoms with E-state index in [-0.39, 0.29) is 5.76 Å². The number of rotatable bonds is 1. The second-order valence-corrected chi connectivity index (χ2v) is 2.56. The molecule has 0 saturated heterocycles. The van der Waals surface area contributed by atoms with E-state index in [1.807, 2.05) is 18.2 Å². The van der Waals surface area contributed by atoms with Crippen molar-refractivity contribution >= 4 is 11.0 Å². The summed E-state index contributed by atoms with van der Waals surface area (Å²) in [5.41, 5.74) is 0.667. The Balaban J connectivity index is 2.62. The summed E-state index contributed by atoms with van der Waals surface area (Å²) in [6, 6.07) is 8.94. The number of furan rings is 1. The van der Waals surface area contributed by atoms with Crippen LogP contribution in [-0.2, 0) is 0 Å². The maximum atomic E-state index is 8.79. The van der Waals surface area contributed by atoms with Crippen molar-refractivity contribution in [1.29, 1.82) is 0 Å². The summed E-state index contributed by atoms with van der Waals surface area (Å²) < 4.78 is 5.13. The molecule has 0 aliphatic heterocycles. The molecule has 1 aromatic heterocycles. The predicted molar refractivity (Wildman–Crippen MR) is 43.4 cm³/mol. The molecule has 2 N–H and O–H groups in total. The molecule has 3 nitrogen and oxygen atoms in total. The van der Waals surface area contributed by atoms with Gasteiger partial charge >= 0.3 is 0 Å². The van der Waals surface area contributed by atoms with E-state index >= 15 is 0 Å². The lowest BCUT2D eigenvalue weighted by Gasteiger charge is -1.94. The molecule has 0 radical (unpaired) electrons. The minimum atomic E-state index is -1.53. The zero-order valence-corrected chi connectivity index (χ0v) is 6.27. The molecule has 2 aromatic rings. The third kappa shape index (κ3) is 1.09. The van der Waals surface area contributed by atoms with Gasteiger partial charge in [0.05, 0.1) is 0 Å². The van der Waals surface area contributed by atoms with Crippen LogP contribution < -0.4 is 0 Å². The van der Waals surface area contributed by atoms with Crippen LogP contribution in [0.5, 0.6) is 0 Å². The maximum absolute atomic E-state index is 8.79. The van der Waals surface area contributed by atoms with E-state index in [0.29, 0.717) is 5.58 Å². The molecule has 62 valence electrons. The van der Waals surface area contributed by atoms with Crippen LogP contribution in [0.3, 0.4) is 0 Å². The number of para-hydroxylation sites is 1. The van der Waals surface area contributed by atoms with Crippen LogP contribution in [0, 0.1) is 0 Å². The van der Waals surface area contributed by atoms with Gasteiger partial charge in [0.15, 0.2) is 5.76 Å². The summed E-state index contributed by atoms with van der Waals surface area (Å²) in [4.78, 5) is 0. The maximum Gasteiger partial charge on any atom is 0.212 e. The Labute approximate surface area is 68.9 Å². The van der Waals surface area contributed by atoms with Gasteiger partial charge in [-0.15, -0.1) is 0 Å². The Morgan fingerprint density at radius 3 is 2.58 bits per heavy atom. The highest BCUT2D eigenvalue weighted by atomic mass is 16.5. The number of benzene rings is 1. The second kappa shape index (κ2) is 2.62. The fourth-order valence-corrected chi connectivity index (χ4v) is 1.13. The van der Waals surface area contributed by atoms with Crippen LogP contribution >= 0.6 is 0 Å². The average Bonchev–Trinajstić information content (AvgIpc) is 2.46. The van der Waals surface area contributed by atoms with Crippen LogP contribution in [0.4, 0.5) is 0 Å². The molecule has 0 fully saturated rings. The standard InChI is InChI=1S/C9H8O3/c10-9(11)8-5-6-3-1-2-4-7(6)12-8/h1-5,9-11H. The SMILES string of the molecule is OC(O)c1cc2ccccc2o1. The molecule has 0 atom stereocenters. The first-order chi connectivity index (χ1) is 5.77. The molecular weight excluding hydrogens is 156 g/mol. The van der Waals surface area contributed by atoms with E-state index in [1.54, 1.807) is 12.1 Å². The summed E-state index contributed by atoms with van der Waals surface area (Å²) in [6.45, 7) is 0. The van der Waals surface area contributed by atoms with Gasteiger partial charge in [0.2, 0.25) is 6.29 Å². The monoisotopic (exact) mass is 164 g/mol. The Bertz CT molecular complexity index is 356. The molecule has 0 amide bonds. The first-order valence-electron chi connectivity index (χ1n) is 3.62. The molecule has 0 saturated carbocycles. The van der Waals surface area contributed by atoms with Gasteiger partial charge in [0.25, 0.3) is 0 Å². The fourth-order valence-electron chi connectivity index (χ4n) is 1.13. The van der Waals surface area contributed by atoms with Crippen molar-refractivity contribution in [2.75, 3.05) is 0 Å². The highest BCUT2D eigenvalue weighted by Crippen LogP contribution is 2.21. The minimum absolute atomic E-state index is 0.177. The molecule has 1 aromatic carbocycles. The van der Waals surface area contributed by atoms with Gasteiger partial charge in [-0.2, -0.15) is 0 Å². The van der Waals surface area contributed by atoms with Crippen molar-refractivity contribution in [3.05, 3.63) is 36.1 Å². The van der Waals surface area contributed by atoms with E-state index in [0.717, 1.165) is 5.39 Å². The van der Waals surface area contributed by atoms with Crippen molar-refractivity contribution in [2.24, 2.45) is 0 Å². The molecule has 0 unspecified atom stereocenters. The Morgan fingerprint density at radius 1 is 1.17 bits per heavy atom. The third-order valence-corrected chi connectivity index (χ3v) is 1.70. The lowest BCUT2D eigenvalue weighted by Crippen LogP contribution is -1.90. The van der Waals surface area contributed by atoms with Crippen molar-refractivity contribution in [2.45, 2.75) is 6.29 Å². The molecule has 1 heterocycles. The van der Waals surface area contributed by atoms with E-state index in [4.69, 9.17) is 14.6 Å². The van der Waals surface area contributed by atoms with E-state index in [1.165, 1.54) is 0 Å². The lowest BCUT2D eigenvalue weighted by molar-refractivity contribution is -0.0571. The first-order valence-corrected chi connectivity index (χ1v) is 3.62. The Hall–Kier alpha value is -1.32. The number of fused-ring (bicyclic) bond motifs is 1. The second-order valence-electron chi connectivity index (χ2n) is 2.56. The molecule has 0 aliphatic carbocycles. The van der Waals surface area contributed by atoms with E-state index < -0.39 is 6.29 Å². The van der Waals surface area contributed by atoms with Crippen molar-refractivity contribution < 1.29 is 14.6 Å². The van der Waals surface area contributed by atoms with Gasteiger partial charge in [-0.1, -0.05) is 18.2 Å². The van der Waals surface area contributed by atoms with Crippen LogP contribution in [0.2, 0.25) is 0 Å². The minimum Gasteiger partial charge on any atom is -0.456 e. The summed E-state index contributed by atoms with van der Waals surface area (Å²) >= 11 is 0.